The molecule has 0 spiro atoms. The van der Waals surface area contributed by atoms with E-state index in [9.17, 15) is 14.4 Å². The van der Waals surface area contributed by atoms with Gasteiger partial charge in [0.15, 0.2) is 0 Å². The van der Waals surface area contributed by atoms with E-state index in [4.69, 9.17) is 14.2 Å². The monoisotopic (exact) mass is 538 g/mol. The van der Waals surface area contributed by atoms with E-state index in [0.717, 1.165) is 42.9 Å². The number of hydrogen-bond donors (Lipinski definition) is 0. The zero-order chi connectivity index (χ0) is 28.2. The van der Waals surface area contributed by atoms with Gasteiger partial charge in [-0.05, 0) is 73.1 Å². The van der Waals surface area contributed by atoms with Gasteiger partial charge in [0, 0.05) is 18.0 Å². The Bertz CT molecular complexity index is 1200. The number of ether oxygens (including phenoxy) is 3. The van der Waals surface area contributed by atoms with Crippen LogP contribution in [0.4, 0.5) is 0 Å². The number of aryl methyl sites for hydroxylation is 2. The maximum absolute atomic E-state index is 14.0. The van der Waals surface area contributed by atoms with Crippen LogP contribution in [-0.2, 0) is 36.7 Å². The highest BCUT2D eigenvalue weighted by Gasteiger charge is 2.46. The van der Waals surface area contributed by atoms with Crippen molar-refractivity contribution < 1.29 is 28.6 Å². The molecule has 2 aliphatic rings. The second kappa shape index (κ2) is 12.3. The first-order valence-electron chi connectivity index (χ1n) is 14.3. The number of benzene rings is 1. The van der Waals surface area contributed by atoms with E-state index < -0.39 is 29.4 Å². The van der Waals surface area contributed by atoms with Crippen molar-refractivity contribution in [2.24, 2.45) is 11.3 Å². The molecule has 39 heavy (non-hydrogen) atoms. The number of cyclic esters (lactones) is 1. The first-order chi connectivity index (χ1) is 18.6. The molecule has 0 aliphatic carbocycles. The fourth-order valence-electron chi connectivity index (χ4n) is 5.66. The largest absolute Gasteiger partial charge is 0.472 e. The SMILES string of the molecule is CCOC(=O)[C@@H]1C[C@@H]2CN1C(=O)[C@H](C(C)(C)C)CC(=O)OCCCCCc1cc(CC)c3ccnc(c3c1)O2. The molecule has 1 saturated heterocycles. The second-order valence-corrected chi connectivity index (χ2v) is 11.7. The van der Waals surface area contributed by atoms with E-state index in [0.29, 0.717) is 18.9 Å². The van der Waals surface area contributed by atoms with Crippen LogP contribution in [0, 0.1) is 11.3 Å². The predicted molar refractivity (Wildman–Crippen MR) is 148 cm³/mol. The van der Waals surface area contributed by atoms with Crippen molar-refractivity contribution in [3.8, 4) is 5.88 Å². The van der Waals surface area contributed by atoms with Crippen molar-refractivity contribution >= 4 is 28.6 Å². The van der Waals surface area contributed by atoms with Gasteiger partial charge in [0.25, 0.3) is 0 Å². The first kappa shape index (κ1) is 28.8. The van der Waals surface area contributed by atoms with Crippen molar-refractivity contribution in [3.63, 3.8) is 0 Å². The molecule has 0 radical (unpaired) electrons. The van der Waals surface area contributed by atoms with Gasteiger partial charge in [0.05, 0.1) is 32.1 Å². The number of nitrogens with zero attached hydrogens (tertiary/aromatic N) is 2. The highest BCUT2D eigenvalue weighted by Crippen LogP contribution is 2.36. The Morgan fingerprint density at radius 3 is 2.64 bits per heavy atom. The fourth-order valence-corrected chi connectivity index (χ4v) is 5.66. The summed E-state index contributed by atoms with van der Waals surface area (Å²) < 4.78 is 17.3. The Morgan fingerprint density at radius 2 is 1.92 bits per heavy atom. The maximum atomic E-state index is 14.0. The zero-order valence-electron chi connectivity index (χ0n) is 24.0. The molecule has 8 heteroatoms. The standard InChI is InChI=1S/C31H42N2O6/c1-6-21-15-20-11-9-8-10-14-38-27(34)18-25(31(3,4)5)29(35)33-19-22(17-26(33)30(36)37-7-2)39-28-24(16-20)23(21)12-13-32-28/h12-13,15-16,22,25-26H,6-11,14,17-19H2,1-5H3/t22-,25-,26+/m1/s1. The third-order valence-corrected chi connectivity index (χ3v) is 7.84. The molecular formula is C31H42N2O6. The molecule has 1 aromatic carbocycles. The number of amides is 1. The van der Waals surface area contributed by atoms with Gasteiger partial charge in [0.2, 0.25) is 11.8 Å². The summed E-state index contributed by atoms with van der Waals surface area (Å²) in [7, 11) is 0. The molecule has 1 aromatic heterocycles. The van der Waals surface area contributed by atoms with E-state index in [2.05, 4.69) is 24.0 Å². The highest BCUT2D eigenvalue weighted by atomic mass is 16.5. The lowest BCUT2D eigenvalue weighted by atomic mass is 9.77. The van der Waals surface area contributed by atoms with Gasteiger partial charge in [-0.1, -0.05) is 33.8 Å². The average molecular weight is 539 g/mol. The number of carbonyl (C=O) groups is 3. The number of esters is 2. The Kier molecular flexibility index (Phi) is 9.13. The van der Waals surface area contributed by atoms with E-state index in [1.54, 1.807) is 18.0 Å². The summed E-state index contributed by atoms with van der Waals surface area (Å²) in [5.41, 5.74) is 1.94. The summed E-state index contributed by atoms with van der Waals surface area (Å²) in [6.45, 7) is 10.4. The minimum absolute atomic E-state index is 0.0366. The van der Waals surface area contributed by atoms with Crippen LogP contribution in [0.15, 0.2) is 24.4 Å². The summed E-state index contributed by atoms with van der Waals surface area (Å²) in [5, 5.41) is 2.06. The lowest BCUT2D eigenvalue weighted by Crippen LogP contribution is -2.48. The summed E-state index contributed by atoms with van der Waals surface area (Å²) in [6.07, 6.45) is 6.04. The van der Waals surface area contributed by atoms with E-state index in [1.165, 1.54) is 11.1 Å². The maximum Gasteiger partial charge on any atom is 0.328 e. The minimum Gasteiger partial charge on any atom is -0.472 e. The van der Waals surface area contributed by atoms with Crippen LogP contribution in [0.1, 0.15) is 77.8 Å². The van der Waals surface area contributed by atoms with Gasteiger partial charge in [-0.15, -0.1) is 0 Å². The molecule has 3 heterocycles. The van der Waals surface area contributed by atoms with Crippen LogP contribution in [-0.4, -0.2) is 59.6 Å². The van der Waals surface area contributed by atoms with E-state index >= 15 is 0 Å². The molecule has 0 saturated carbocycles. The second-order valence-electron chi connectivity index (χ2n) is 11.7. The summed E-state index contributed by atoms with van der Waals surface area (Å²) in [4.78, 5) is 45.9. The van der Waals surface area contributed by atoms with Crippen molar-refractivity contribution in [1.29, 1.82) is 0 Å². The van der Waals surface area contributed by atoms with Gasteiger partial charge < -0.3 is 19.1 Å². The van der Waals surface area contributed by atoms with Crippen LogP contribution >= 0.6 is 0 Å². The Morgan fingerprint density at radius 1 is 1.13 bits per heavy atom. The van der Waals surface area contributed by atoms with Gasteiger partial charge >= 0.3 is 11.9 Å². The molecule has 2 aliphatic heterocycles. The number of aromatic nitrogens is 1. The van der Waals surface area contributed by atoms with Gasteiger partial charge in [0.1, 0.15) is 12.1 Å². The van der Waals surface area contributed by atoms with Crippen LogP contribution in [0.3, 0.4) is 0 Å². The molecule has 1 fully saturated rings. The van der Waals surface area contributed by atoms with E-state index in [-0.39, 0.29) is 31.4 Å². The van der Waals surface area contributed by atoms with Crippen LogP contribution in [0.25, 0.3) is 10.8 Å². The Hall–Kier alpha value is -3.16. The van der Waals surface area contributed by atoms with Crippen LogP contribution < -0.4 is 4.74 Å². The lowest BCUT2D eigenvalue weighted by molar-refractivity contribution is -0.158. The Balaban J connectivity index is 1.74. The van der Waals surface area contributed by atoms with Crippen LogP contribution in [0.5, 0.6) is 5.88 Å². The van der Waals surface area contributed by atoms with Gasteiger partial charge in [-0.3, -0.25) is 9.59 Å². The van der Waals surface area contributed by atoms with Crippen molar-refractivity contribution in [2.75, 3.05) is 19.8 Å². The predicted octanol–water partition coefficient (Wildman–Crippen LogP) is 5.03. The molecule has 4 bridgehead atoms. The smallest absolute Gasteiger partial charge is 0.328 e. The van der Waals surface area contributed by atoms with Gasteiger partial charge in [-0.25, -0.2) is 9.78 Å². The number of hydrogen-bond acceptors (Lipinski definition) is 7. The van der Waals surface area contributed by atoms with Crippen molar-refractivity contribution in [1.82, 2.24) is 9.88 Å². The molecular weight excluding hydrogens is 496 g/mol. The quantitative estimate of drug-likeness (QED) is 0.506. The Labute approximate surface area is 231 Å². The summed E-state index contributed by atoms with van der Waals surface area (Å²) >= 11 is 0. The molecule has 0 unspecified atom stereocenters. The lowest BCUT2D eigenvalue weighted by Gasteiger charge is -2.34. The van der Waals surface area contributed by atoms with Crippen molar-refractivity contribution in [3.05, 3.63) is 35.5 Å². The molecule has 2 aromatic rings. The number of carbonyl (C=O) groups excluding carboxylic acids is 3. The zero-order valence-corrected chi connectivity index (χ0v) is 24.0. The molecule has 3 atom stereocenters. The molecule has 212 valence electrons. The van der Waals surface area contributed by atoms with Crippen molar-refractivity contribution in [2.45, 2.75) is 91.7 Å². The van der Waals surface area contributed by atoms with Crippen LogP contribution in [0.2, 0.25) is 0 Å². The third kappa shape index (κ3) is 6.71. The number of pyridine rings is 1. The first-order valence-corrected chi connectivity index (χ1v) is 14.3. The number of rotatable bonds is 3. The van der Waals surface area contributed by atoms with Gasteiger partial charge in [-0.2, -0.15) is 0 Å². The highest BCUT2D eigenvalue weighted by molar-refractivity contribution is 5.91. The minimum atomic E-state index is -0.790. The molecule has 0 N–H and O–H groups in total. The normalized spacial score (nSPS) is 23.2. The molecule has 8 nitrogen and oxygen atoms in total. The topological polar surface area (TPSA) is 95.0 Å². The summed E-state index contributed by atoms with van der Waals surface area (Å²) in [6, 6.07) is 5.63. The average Bonchev–Trinajstić information content (AvgIpc) is 3.31. The fraction of sp³-hybridized carbons (Fsp3) is 0.613. The molecule has 1 amide bonds. The number of fused-ring (bicyclic) bond motifs is 3. The van der Waals surface area contributed by atoms with E-state index in [1.807, 2.05) is 26.8 Å². The third-order valence-electron chi connectivity index (χ3n) is 7.84. The summed E-state index contributed by atoms with van der Waals surface area (Å²) in [5.74, 6) is -1.24. The molecule has 4 rings (SSSR count).